The first-order valence-electron chi connectivity index (χ1n) is 15.0. The van der Waals surface area contributed by atoms with E-state index >= 15 is 0 Å². The molecule has 1 heterocycles. The molecule has 0 spiro atoms. The molecule has 47 heavy (non-hydrogen) atoms. The Morgan fingerprint density at radius 1 is 0.809 bits per heavy atom. The fourth-order valence-corrected chi connectivity index (χ4v) is 7.55. The van der Waals surface area contributed by atoms with Gasteiger partial charge >= 0.3 is 0 Å². The summed E-state index contributed by atoms with van der Waals surface area (Å²) in [7, 11) is 0. The van der Waals surface area contributed by atoms with Gasteiger partial charge in [-0.05, 0) is 90.9 Å². The van der Waals surface area contributed by atoms with Crippen molar-refractivity contribution < 1.29 is 14.4 Å². The fourth-order valence-electron chi connectivity index (χ4n) is 5.08. The van der Waals surface area contributed by atoms with Crippen molar-refractivity contribution in [2.45, 2.75) is 33.3 Å². The molecule has 6 nitrogen and oxygen atoms in total. The summed E-state index contributed by atoms with van der Waals surface area (Å²) in [6.07, 6.45) is 2.28. The number of hydrogen-bond acceptors (Lipinski definition) is 5. The number of carbonyl (C=O) groups is 3. The fraction of sp³-hybridized carbons (Fsp3) is 0.0789. The summed E-state index contributed by atoms with van der Waals surface area (Å²) in [5, 5.41) is 5.35. The summed E-state index contributed by atoms with van der Waals surface area (Å²) in [6, 6.07) is 39.6. The number of thioether (sulfide) groups is 1. The lowest BCUT2D eigenvalue weighted by Crippen LogP contribution is -2.35. The quantitative estimate of drug-likeness (QED) is 0.117. The van der Waals surface area contributed by atoms with E-state index in [4.69, 9.17) is 0 Å². The van der Waals surface area contributed by atoms with Crippen LogP contribution in [0.1, 0.15) is 29.3 Å². The Bertz CT molecular complexity index is 1920. The minimum absolute atomic E-state index is 0.0200. The summed E-state index contributed by atoms with van der Waals surface area (Å²) < 4.78 is 0.852. The Morgan fingerprint density at radius 3 is 2.09 bits per heavy atom. The zero-order chi connectivity index (χ0) is 32.8. The number of amides is 3. The monoisotopic (exact) mass is 719 g/mol. The molecule has 1 atom stereocenters. The number of nitrogens with zero attached hydrogens (tertiary/aromatic N) is 1. The molecule has 1 unspecified atom stereocenters. The van der Waals surface area contributed by atoms with Gasteiger partial charge in [0, 0.05) is 30.4 Å². The highest BCUT2D eigenvalue weighted by Gasteiger charge is 2.32. The van der Waals surface area contributed by atoms with Gasteiger partial charge in [0.15, 0.2) is 0 Å². The third-order valence-electron chi connectivity index (χ3n) is 7.38. The predicted molar refractivity (Wildman–Crippen MR) is 195 cm³/mol. The molecule has 0 radical (unpaired) electrons. The second-order valence-electron chi connectivity index (χ2n) is 10.6. The zero-order valence-corrected chi connectivity index (χ0v) is 28.6. The maximum atomic E-state index is 14.1. The van der Waals surface area contributed by atoms with Gasteiger partial charge in [-0.25, -0.2) is 0 Å². The first kappa shape index (κ1) is 32.4. The molecule has 0 fully saturated rings. The van der Waals surface area contributed by atoms with E-state index in [2.05, 4.69) is 26.6 Å². The van der Waals surface area contributed by atoms with E-state index in [1.54, 1.807) is 54.2 Å². The Hall–Kier alpha value is -4.57. The average Bonchev–Trinajstić information content (AvgIpc) is 3.10. The third kappa shape index (κ3) is 7.71. The minimum Gasteiger partial charge on any atom is -0.321 e. The number of nitrogens with one attached hydrogen (secondary N) is 2. The molecule has 5 aromatic rings. The molecule has 5 aromatic carbocycles. The van der Waals surface area contributed by atoms with Crippen LogP contribution in [-0.2, 0) is 9.59 Å². The van der Waals surface area contributed by atoms with Crippen LogP contribution in [0, 0.1) is 0 Å². The smallest absolute Gasteiger partial charge is 0.272 e. The first-order valence-corrected chi connectivity index (χ1v) is 17.5. The maximum absolute atomic E-state index is 14.1. The van der Waals surface area contributed by atoms with E-state index in [1.165, 1.54) is 11.8 Å². The second kappa shape index (κ2) is 14.9. The SMILES string of the molecule is CCC(Sc1ccc(NC(=O)/C(=C/c2cccc(Br)c2)NC(=O)c2ccccc2)cc1)C(=O)N1c2ccccc2Sc2ccccc21. The highest BCUT2D eigenvalue weighted by Crippen LogP contribution is 2.48. The molecule has 0 aliphatic carbocycles. The minimum atomic E-state index is -0.462. The van der Waals surface area contributed by atoms with Crippen LogP contribution in [0.15, 0.2) is 152 Å². The number of benzene rings is 5. The second-order valence-corrected chi connectivity index (χ2v) is 13.9. The van der Waals surface area contributed by atoms with Gasteiger partial charge in [-0.15, -0.1) is 11.8 Å². The summed E-state index contributed by atoms with van der Waals surface area (Å²) >= 11 is 6.63. The highest BCUT2D eigenvalue weighted by molar-refractivity contribution is 9.10. The van der Waals surface area contributed by atoms with Crippen LogP contribution in [-0.4, -0.2) is 23.0 Å². The van der Waals surface area contributed by atoms with Gasteiger partial charge in [0.1, 0.15) is 5.70 Å². The van der Waals surface area contributed by atoms with Crippen LogP contribution in [0.2, 0.25) is 0 Å². The zero-order valence-electron chi connectivity index (χ0n) is 25.4. The van der Waals surface area contributed by atoms with Gasteiger partial charge in [0.25, 0.3) is 11.8 Å². The van der Waals surface area contributed by atoms with Crippen LogP contribution < -0.4 is 15.5 Å². The number of para-hydroxylation sites is 2. The summed E-state index contributed by atoms with van der Waals surface area (Å²) in [4.78, 5) is 45.4. The molecular formula is C38H30BrN3O3S2. The molecular weight excluding hydrogens is 690 g/mol. The van der Waals surface area contributed by atoms with Gasteiger partial charge in [0.05, 0.1) is 16.6 Å². The van der Waals surface area contributed by atoms with E-state index in [0.717, 1.165) is 36.1 Å². The van der Waals surface area contributed by atoms with Gasteiger partial charge in [-0.3, -0.25) is 19.3 Å². The van der Waals surface area contributed by atoms with Gasteiger partial charge in [-0.1, -0.05) is 89.2 Å². The molecule has 0 aromatic heterocycles. The molecule has 0 bridgehead atoms. The first-order chi connectivity index (χ1) is 22.9. The van der Waals surface area contributed by atoms with Crippen LogP contribution in [0.3, 0.4) is 0 Å². The van der Waals surface area contributed by atoms with E-state index in [1.807, 2.05) is 103 Å². The van der Waals surface area contributed by atoms with Crippen molar-refractivity contribution in [3.8, 4) is 0 Å². The molecule has 9 heteroatoms. The summed E-state index contributed by atoms with van der Waals surface area (Å²) in [6.45, 7) is 2.02. The molecule has 1 aliphatic rings. The van der Waals surface area contributed by atoms with Crippen molar-refractivity contribution >= 4 is 80.3 Å². The van der Waals surface area contributed by atoms with Crippen LogP contribution >= 0.6 is 39.5 Å². The van der Waals surface area contributed by atoms with Crippen molar-refractivity contribution in [2.75, 3.05) is 10.2 Å². The van der Waals surface area contributed by atoms with Gasteiger partial charge in [0.2, 0.25) is 5.91 Å². The Morgan fingerprint density at radius 2 is 1.45 bits per heavy atom. The average molecular weight is 721 g/mol. The molecule has 3 amide bonds. The molecule has 2 N–H and O–H groups in total. The van der Waals surface area contributed by atoms with Crippen LogP contribution in [0.4, 0.5) is 17.1 Å². The Labute approximate surface area is 290 Å². The standard InChI is InChI=1S/C38H30BrN3O3S2/c1-2-33(38(45)42-31-15-6-8-17-34(31)47-35-18-9-7-16-32(35)42)46-29-21-19-28(20-22-29)40-37(44)30(24-25-11-10-14-27(39)23-25)41-36(43)26-12-4-3-5-13-26/h3-24,33H,2H2,1H3,(H,40,44)(H,41,43)/b30-24-. The third-order valence-corrected chi connectivity index (χ3v) is 10.4. The van der Waals surface area contributed by atoms with Crippen LogP contribution in [0.25, 0.3) is 6.08 Å². The normalized spacial score (nSPS) is 12.8. The van der Waals surface area contributed by atoms with Crippen molar-refractivity contribution in [3.63, 3.8) is 0 Å². The van der Waals surface area contributed by atoms with Crippen molar-refractivity contribution in [1.82, 2.24) is 5.32 Å². The lowest BCUT2D eigenvalue weighted by molar-refractivity contribution is -0.117. The molecule has 1 aliphatic heterocycles. The molecule has 234 valence electrons. The van der Waals surface area contributed by atoms with Crippen LogP contribution in [0.5, 0.6) is 0 Å². The van der Waals surface area contributed by atoms with Crippen molar-refractivity contribution in [3.05, 3.63) is 149 Å². The van der Waals surface area contributed by atoms with Crippen molar-refractivity contribution in [2.24, 2.45) is 0 Å². The molecule has 6 rings (SSSR count). The Balaban J connectivity index is 1.18. The topological polar surface area (TPSA) is 78.5 Å². The van der Waals surface area contributed by atoms with E-state index < -0.39 is 5.91 Å². The predicted octanol–water partition coefficient (Wildman–Crippen LogP) is 9.56. The van der Waals surface area contributed by atoms with E-state index in [-0.39, 0.29) is 22.8 Å². The summed E-state index contributed by atoms with van der Waals surface area (Å²) in [5.74, 6) is -0.829. The number of hydrogen-bond donors (Lipinski definition) is 2. The van der Waals surface area contributed by atoms with E-state index in [0.29, 0.717) is 17.7 Å². The van der Waals surface area contributed by atoms with Crippen molar-refractivity contribution in [1.29, 1.82) is 0 Å². The molecule has 0 saturated heterocycles. The maximum Gasteiger partial charge on any atom is 0.272 e. The highest BCUT2D eigenvalue weighted by atomic mass is 79.9. The number of halogens is 1. The molecule has 0 saturated carbocycles. The van der Waals surface area contributed by atoms with E-state index in [9.17, 15) is 14.4 Å². The largest absolute Gasteiger partial charge is 0.321 e. The summed E-state index contributed by atoms with van der Waals surface area (Å²) in [5.41, 5.74) is 3.64. The number of carbonyl (C=O) groups excluding carboxylic acids is 3. The lowest BCUT2D eigenvalue weighted by Gasteiger charge is -2.33. The lowest BCUT2D eigenvalue weighted by atomic mass is 10.1. The van der Waals surface area contributed by atoms with Gasteiger partial charge in [-0.2, -0.15) is 0 Å². The number of fused-ring (bicyclic) bond motifs is 2. The number of rotatable bonds is 9. The van der Waals surface area contributed by atoms with Gasteiger partial charge < -0.3 is 10.6 Å². The Kier molecular flexibility index (Phi) is 10.3. The number of anilines is 3.